The maximum atomic E-state index is 12.4. The van der Waals surface area contributed by atoms with E-state index in [0.717, 1.165) is 18.2 Å². The summed E-state index contributed by atoms with van der Waals surface area (Å²) in [6.07, 6.45) is 0.897. The third kappa shape index (κ3) is 6.32. The summed E-state index contributed by atoms with van der Waals surface area (Å²) in [4.78, 5) is 48.0. The fourth-order valence-corrected chi connectivity index (χ4v) is 3.39. The van der Waals surface area contributed by atoms with Gasteiger partial charge in [0, 0.05) is 12.7 Å². The number of phenols is 1. The summed E-state index contributed by atoms with van der Waals surface area (Å²) in [7, 11) is -4.11. The summed E-state index contributed by atoms with van der Waals surface area (Å²) < 4.78 is 27.0. The van der Waals surface area contributed by atoms with Gasteiger partial charge in [0.05, 0.1) is 17.4 Å². The monoisotopic (exact) mass is 451 g/mol. The number of amides is 1. The van der Waals surface area contributed by atoms with Gasteiger partial charge in [0.2, 0.25) is 10.0 Å². The zero-order valence-electron chi connectivity index (χ0n) is 15.7. The molecule has 1 heterocycles. The molecule has 0 radical (unpaired) electrons. The number of benzene rings is 1. The van der Waals surface area contributed by atoms with E-state index in [1.165, 1.54) is 18.3 Å². The molecule has 0 saturated carbocycles. The lowest BCUT2D eigenvalue weighted by Gasteiger charge is -2.11. The van der Waals surface area contributed by atoms with Crippen molar-refractivity contribution in [1.29, 1.82) is 0 Å². The van der Waals surface area contributed by atoms with Crippen LogP contribution >= 0.6 is 0 Å². The molecular formula is C18H17N3O9S. The molecule has 13 heteroatoms. The fraction of sp³-hybridized carbons (Fsp3) is 0.167. The minimum absolute atomic E-state index is 0.117. The number of nitrogens with one attached hydrogen (secondary N) is 2. The van der Waals surface area contributed by atoms with E-state index < -0.39 is 51.6 Å². The Morgan fingerprint density at radius 2 is 1.84 bits per heavy atom. The van der Waals surface area contributed by atoms with Crippen molar-refractivity contribution in [3.8, 4) is 5.75 Å². The molecule has 0 aliphatic rings. The van der Waals surface area contributed by atoms with Crippen molar-refractivity contribution in [2.24, 2.45) is 0 Å². The number of aldehydes is 1. The Labute approximate surface area is 175 Å². The second-order valence-corrected chi connectivity index (χ2v) is 7.94. The number of rotatable bonds is 10. The molecule has 12 nitrogen and oxygen atoms in total. The zero-order chi connectivity index (χ0) is 23.2. The quantitative estimate of drug-likeness (QED) is 0.300. The topological polar surface area (TPSA) is 200 Å². The van der Waals surface area contributed by atoms with Crippen LogP contribution in [0.3, 0.4) is 0 Å². The van der Waals surface area contributed by atoms with E-state index in [0.29, 0.717) is 5.56 Å². The number of aromatic nitrogens is 1. The van der Waals surface area contributed by atoms with E-state index in [4.69, 9.17) is 10.2 Å². The largest absolute Gasteiger partial charge is 0.507 e. The van der Waals surface area contributed by atoms with E-state index >= 15 is 0 Å². The number of carbonyl (C=O) groups is 4. The molecule has 2 aromatic rings. The molecule has 0 saturated heterocycles. The lowest BCUT2D eigenvalue weighted by molar-refractivity contribution is -0.138. The molecule has 31 heavy (non-hydrogen) atoms. The van der Waals surface area contributed by atoms with Gasteiger partial charge in [-0.2, -0.15) is 0 Å². The van der Waals surface area contributed by atoms with Crippen LogP contribution in [0.2, 0.25) is 0 Å². The standard InChI is InChI=1S/C18H17N3O9S/c22-9-11(5-16(24)25)21-17(26)14-3-1-10(7-19-14)8-20-31(29,30)12-2-4-15(23)13(6-12)18(27)28/h1-4,6-7,9,11,20,23H,5,8H2,(H,21,26)(H,24,25)(H,27,28)/t11-/m0/s1. The molecular weight excluding hydrogens is 434 g/mol. The number of aromatic hydroxyl groups is 1. The summed E-state index contributed by atoms with van der Waals surface area (Å²) in [5.41, 5.74) is -0.334. The van der Waals surface area contributed by atoms with E-state index in [1.807, 2.05) is 0 Å². The average Bonchev–Trinajstić information content (AvgIpc) is 2.71. The molecule has 0 spiro atoms. The van der Waals surface area contributed by atoms with Crippen LogP contribution in [-0.4, -0.2) is 58.9 Å². The van der Waals surface area contributed by atoms with Crippen molar-refractivity contribution >= 4 is 34.2 Å². The summed E-state index contributed by atoms with van der Waals surface area (Å²) in [5.74, 6) is -4.12. The Bertz CT molecular complexity index is 1110. The average molecular weight is 451 g/mol. The predicted molar refractivity (Wildman–Crippen MR) is 103 cm³/mol. The molecule has 2 rings (SSSR count). The normalized spacial score (nSPS) is 12.0. The molecule has 1 amide bonds. The highest BCUT2D eigenvalue weighted by atomic mass is 32.2. The number of hydrogen-bond acceptors (Lipinski definition) is 8. The lowest BCUT2D eigenvalue weighted by Crippen LogP contribution is -2.38. The van der Waals surface area contributed by atoms with Gasteiger partial charge in [-0.05, 0) is 29.8 Å². The number of aliphatic carboxylic acids is 1. The number of sulfonamides is 1. The third-order valence-corrected chi connectivity index (χ3v) is 5.31. The van der Waals surface area contributed by atoms with Gasteiger partial charge >= 0.3 is 11.9 Å². The predicted octanol–water partition coefficient (Wildman–Crippen LogP) is -0.264. The Kier molecular flexibility index (Phi) is 7.39. The molecule has 5 N–H and O–H groups in total. The van der Waals surface area contributed by atoms with Crippen molar-refractivity contribution in [1.82, 2.24) is 15.0 Å². The van der Waals surface area contributed by atoms with Gasteiger partial charge in [0.1, 0.15) is 23.3 Å². The van der Waals surface area contributed by atoms with Crippen LogP contribution in [0.4, 0.5) is 0 Å². The van der Waals surface area contributed by atoms with Crippen LogP contribution in [0, 0.1) is 0 Å². The van der Waals surface area contributed by atoms with E-state index in [2.05, 4.69) is 15.0 Å². The summed E-state index contributed by atoms with van der Waals surface area (Å²) in [6, 6.07) is 4.22. The van der Waals surface area contributed by atoms with E-state index in [1.54, 1.807) is 0 Å². The van der Waals surface area contributed by atoms with Gasteiger partial charge in [-0.25, -0.2) is 17.9 Å². The molecule has 1 atom stereocenters. The van der Waals surface area contributed by atoms with Crippen LogP contribution in [0.25, 0.3) is 0 Å². The molecule has 0 unspecified atom stereocenters. The first-order valence-corrected chi connectivity index (χ1v) is 10.0. The molecule has 0 bridgehead atoms. The Morgan fingerprint density at radius 1 is 1.13 bits per heavy atom. The lowest BCUT2D eigenvalue weighted by atomic mass is 10.2. The highest BCUT2D eigenvalue weighted by molar-refractivity contribution is 7.89. The second kappa shape index (κ2) is 9.77. The smallest absolute Gasteiger partial charge is 0.339 e. The van der Waals surface area contributed by atoms with E-state index in [-0.39, 0.29) is 23.4 Å². The van der Waals surface area contributed by atoms with Gasteiger partial charge in [-0.1, -0.05) is 6.07 Å². The first-order valence-electron chi connectivity index (χ1n) is 8.52. The second-order valence-electron chi connectivity index (χ2n) is 6.17. The summed E-state index contributed by atoms with van der Waals surface area (Å²) in [5, 5.41) is 29.3. The molecule has 0 fully saturated rings. The molecule has 164 valence electrons. The number of carboxylic acids is 2. The van der Waals surface area contributed by atoms with E-state index in [9.17, 15) is 32.7 Å². The highest BCUT2D eigenvalue weighted by Gasteiger charge is 2.19. The third-order valence-electron chi connectivity index (χ3n) is 3.91. The van der Waals surface area contributed by atoms with Crippen molar-refractivity contribution in [2.75, 3.05) is 0 Å². The maximum absolute atomic E-state index is 12.4. The summed E-state index contributed by atoms with van der Waals surface area (Å²) in [6.45, 7) is -0.240. The number of carbonyl (C=O) groups excluding carboxylic acids is 2. The molecule has 1 aromatic carbocycles. The Balaban J connectivity index is 2.05. The maximum Gasteiger partial charge on any atom is 0.339 e. The number of hydrogen-bond donors (Lipinski definition) is 5. The Hall–Kier alpha value is -3.84. The van der Waals surface area contributed by atoms with Crippen LogP contribution in [-0.2, 0) is 26.2 Å². The van der Waals surface area contributed by atoms with Gasteiger partial charge in [-0.15, -0.1) is 0 Å². The molecule has 0 aliphatic carbocycles. The zero-order valence-corrected chi connectivity index (χ0v) is 16.5. The molecule has 0 aliphatic heterocycles. The van der Waals surface area contributed by atoms with Gasteiger partial charge in [0.15, 0.2) is 0 Å². The molecule has 1 aromatic heterocycles. The number of nitrogens with zero attached hydrogens (tertiary/aromatic N) is 1. The number of pyridine rings is 1. The van der Waals surface area contributed by atoms with Crippen molar-refractivity contribution in [2.45, 2.75) is 23.9 Å². The van der Waals surface area contributed by atoms with Gasteiger partial charge in [0.25, 0.3) is 5.91 Å². The SMILES string of the molecule is O=C[C@H](CC(=O)O)NC(=O)c1ccc(CNS(=O)(=O)c2ccc(O)c(C(=O)O)c2)cn1. The van der Waals surface area contributed by atoms with Crippen molar-refractivity contribution in [3.05, 3.63) is 53.3 Å². The number of carboxylic acid groups (broad SMARTS) is 2. The van der Waals surface area contributed by atoms with Crippen molar-refractivity contribution in [3.63, 3.8) is 0 Å². The highest BCUT2D eigenvalue weighted by Crippen LogP contribution is 2.21. The van der Waals surface area contributed by atoms with Crippen LogP contribution in [0.1, 0.15) is 32.8 Å². The van der Waals surface area contributed by atoms with Gasteiger partial charge < -0.3 is 25.4 Å². The Morgan fingerprint density at radius 3 is 2.39 bits per heavy atom. The number of aromatic carboxylic acids is 1. The first kappa shape index (κ1) is 23.4. The minimum Gasteiger partial charge on any atom is -0.507 e. The summed E-state index contributed by atoms with van der Waals surface area (Å²) >= 11 is 0. The first-order chi connectivity index (χ1) is 14.5. The fourth-order valence-electron chi connectivity index (χ4n) is 2.34. The van der Waals surface area contributed by atoms with Crippen LogP contribution in [0.5, 0.6) is 5.75 Å². The van der Waals surface area contributed by atoms with Crippen molar-refractivity contribution < 1.29 is 42.9 Å². The van der Waals surface area contributed by atoms with Crippen LogP contribution in [0.15, 0.2) is 41.4 Å². The van der Waals surface area contributed by atoms with Crippen LogP contribution < -0.4 is 10.0 Å². The van der Waals surface area contributed by atoms with Gasteiger partial charge in [-0.3, -0.25) is 14.6 Å². The minimum atomic E-state index is -4.11.